The zero-order valence-electron chi connectivity index (χ0n) is 8.08. The Morgan fingerprint density at radius 3 is 2.69 bits per heavy atom. The van der Waals surface area contributed by atoms with Crippen LogP contribution in [-0.2, 0) is 4.79 Å². The van der Waals surface area contributed by atoms with E-state index in [1.807, 2.05) is 0 Å². The number of carboxylic acid groups (broad SMARTS) is 1. The van der Waals surface area contributed by atoms with Gasteiger partial charge in [-0.1, -0.05) is 11.6 Å². The van der Waals surface area contributed by atoms with E-state index in [9.17, 15) is 14.3 Å². The third kappa shape index (κ3) is 2.34. The summed E-state index contributed by atoms with van der Waals surface area (Å²) in [5, 5.41) is 17.7. The lowest BCUT2D eigenvalue weighted by Crippen LogP contribution is -2.16. The topological polar surface area (TPSA) is 110 Å². The van der Waals surface area contributed by atoms with Crippen molar-refractivity contribution in [2.45, 2.75) is 12.5 Å². The Kier molecular flexibility index (Phi) is 3.56. The van der Waals surface area contributed by atoms with E-state index in [-0.39, 0.29) is 10.6 Å². The average Bonchev–Trinajstić information content (AvgIpc) is 2.19. The zero-order chi connectivity index (χ0) is 12.5. The fourth-order valence-corrected chi connectivity index (χ4v) is 1.46. The predicted octanol–water partition coefficient (Wildman–Crippen LogP) is 1.24. The molecule has 0 aliphatic rings. The van der Waals surface area contributed by atoms with Crippen molar-refractivity contribution < 1.29 is 19.4 Å². The van der Waals surface area contributed by atoms with Crippen LogP contribution in [-0.4, -0.2) is 16.2 Å². The van der Waals surface area contributed by atoms with E-state index in [1.54, 1.807) is 0 Å². The van der Waals surface area contributed by atoms with Crippen LogP contribution in [0.15, 0.2) is 6.07 Å². The molecule has 1 atom stereocenters. The molecule has 0 aromatic heterocycles. The largest absolute Gasteiger partial charge is 0.505 e. The minimum atomic E-state index is -1.15. The summed E-state index contributed by atoms with van der Waals surface area (Å²) in [7, 11) is 0. The molecule has 7 heteroatoms. The summed E-state index contributed by atoms with van der Waals surface area (Å²) in [5.41, 5.74) is 10.2. The molecule has 0 aliphatic carbocycles. The first-order valence-corrected chi connectivity index (χ1v) is 4.66. The molecule has 1 aromatic rings. The molecule has 0 heterocycles. The Hall–Kier alpha value is -1.53. The smallest absolute Gasteiger partial charge is 0.305 e. The normalized spacial score (nSPS) is 12.4. The lowest BCUT2D eigenvalue weighted by atomic mass is 10.0. The Bertz CT molecular complexity index is 439. The number of halogens is 2. The number of phenolic OH excluding ortho intramolecular Hbond substituents is 1. The summed E-state index contributed by atoms with van der Waals surface area (Å²) < 4.78 is 13.1. The van der Waals surface area contributed by atoms with Crippen LogP contribution in [0.4, 0.5) is 10.1 Å². The number of benzene rings is 1. The van der Waals surface area contributed by atoms with Crippen molar-refractivity contribution in [3.63, 3.8) is 0 Å². The SMILES string of the molecule is Nc1c(O)c(C(N)CC(=O)O)cc(Cl)c1F. The Morgan fingerprint density at radius 2 is 2.19 bits per heavy atom. The summed E-state index contributed by atoms with van der Waals surface area (Å²) in [6.45, 7) is 0. The Balaban J connectivity index is 3.19. The molecule has 0 aliphatic heterocycles. The molecule has 0 bridgehead atoms. The van der Waals surface area contributed by atoms with Crippen molar-refractivity contribution in [3.05, 3.63) is 22.5 Å². The molecule has 0 saturated carbocycles. The van der Waals surface area contributed by atoms with Gasteiger partial charge >= 0.3 is 5.97 Å². The fraction of sp³-hybridized carbons (Fsp3) is 0.222. The number of carbonyl (C=O) groups is 1. The van der Waals surface area contributed by atoms with E-state index in [0.29, 0.717) is 0 Å². The van der Waals surface area contributed by atoms with Crippen LogP contribution < -0.4 is 11.5 Å². The molecule has 1 unspecified atom stereocenters. The van der Waals surface area contributed by atoms with E-state index >= 15 is 0 Å². The maximum atomic E-state index is 13.1. The second kappa shape index (κ2) is 4.54. The van der Waals surface area contributed by atoms with Crippen LogP contribution >= 0.6 is 11.6 Å². The molecule has 88 valence electrons. The van der Waals surface area contributed by atoms with Crippen molar-refractivity contribution in [1.29, 1.82) is 0 Å². The quantitative estimate of drug-likeness (QED) is 0.475. The molecule has 0 fully saturated rings. The third-order valence-corrected chi connectivity index (χ3v) is 2.33. The molecule has 16 heavy (non-hydrogen) atoms. The molecule has 6 N–H and O–H groups in total. The second-order valence-corrected chi connectivity index (χ2v) is 3.64. The van der Waals surface area contributed by atoms with E-state index < -0.39 is 35.7 Å². The van der Waals surface area contributed by atoms with E-state index in [1.165, 1.54) is 0 Å². The maximum Gasteiger partial charge on any atom is 0.305 e. The highest BCUT2D eigenvalue weighted by Gasteiger charge is 2.20. The van der Waals surface area contributed by atoms with Crippen molar-refractivity contribution in [3.8, 4) is 5.75 Å². The van der Waals surface area contributed by atoms with Crippen LogP contribution in [0, 0.1) is 5.82 Å². The summed E-state index contributed by atoms with van der Waals surface area (Å²) in [5.74, 6) is -2.67. The minimum Gasteiger partial charge on any atom is -0.505 e. The molecule has 5 nitrogen and oxygen atoms in total. The fourth-order valence-electron chi connectivity index (χ4n) is 1.24. The van der Waals surface area contributed by atoms with Crippen molar-refractivity contribution >= 4 is 23.3 Å². The molecule has 0 spiro atoms. The third-order valence-electron chi connectivity index (χ3n) is 2.05. The van der Waals surface area contributed by atoms with Crippen LogP contribution in [0.25, 0.3) is 0 Å². The lowest BCUT2D eigenvalue weighted by molar-refractivity contribution is -0.137. The summed E-state index contributed by atoms with van der Waals surface area (Å²) in [4.78, 5) is 10.4. The summed E-state index contributed by atoms with van der Waals surface area (Å²) in [6.07, 6.45) is -0.422. The van der Waals surface area contributed by atoms with Crippen LogP contribution in [0.1, 0.15) is 18.0 Å². The number of phenols is 1. The van der Waals surface area contributed by atoms with Gasteiger partial charge in [-0.05, 0) is 6.07 Å². The average molecular weight is 249 g/mol. The molecule has 1 aromatic carbocycles. The van der Waals surface area contributed by atoms with Gasteiger partial charge in [-0.15, -0.1) is 0 Å². The first-order chi connectivity index (χ1) is 7.34. The molecule has 1 rings (SSSR count). The van der Waals surface area contributed by atoms with Gasteiger partial charge in [0, 0.05) is 11.6 Å². The van der Waals surface area contributed by atoms with Gasteiger partial charge < -0.3 is 21.7 Å². The predicted molar refractivity (Wildman–Crippen MR) is 56.7 cm³/mol. The number of aliphatic carboxylic acids is 1. The van der Waals surface area contributed by atoms with Crippen molar-refractivity contribution in [1.82, 2.24) is 0 Å². The van der Waals surface area contributed by atoms with Crippen LogP contribution in [0.2, 0.25) is 5.02 Å². The van der Waals surface area contributed by atoms with Crippen LogP contribution in [0.3, 0.4) is 0 Å². The highest BCUT2D eigenvalue weighted by atomic mass is 35.5. The number of aromatic hydroxyl groups is 1. The van der Waals surface area contributed by atoms with Gasteiger partial charge in [0.1, 0.15) is 11.4 Å². The van der Waals surface area contributed by atoms with Crippen LogP contribution in [0.5, 0.6) is 5.75 Å². The standard InChI is InChI=1S/C9H10ClFN2O3/c10-4-1-3(5(12)2-6(14)15)9(16)8(13)7(4)11/h1,5,16H,2,12-13H2,(H,14,15). The van der Waals surface area contributed by atoms with Gasteiger partial charge in [-0.25, -0.2) is 4.39 Å². The van der Waals surface area contributed by atoms with E-state index in [2.05, 4.69) is 0 Å². The summed E-state index contributed by atoms with van der Waals surface area (Å²) in [6, 6.07) is 0.0637. The van der Waals surface area contributed by atoms with Gasteiger partial charge in [0.25, 0.3) is 0 Å². The number of hydrogen-bond donors (Lipinski definition) is 4. The van der Waals surface area contributed by atoms with Gasteiger partial charge in [-0.3, -0.25) is 4.79 Å². The van der Waals surface area contributed by atoms with Gasteiger partial charge in [0.2, 0.25) is 0 Å². The second-order valence-electron chi connectivity index (χ2n) is 3.23. The number of anilines is 1. The van der Waals surface area contributed by atoms with Gasteiger partial charge in [0.15, 0.2) is 5.82 Å². The monoisotopic (exact) mass is 248 g/mol. The first kappa shape index (κ1) is 12.5. The first-order valence-electron chi connectivity index (χ1n) is 4.28. The molecular formula is C9H10ClFN2O3. The number of nitrogens with two attached hydrogens (primary N) is 2. The molecule has 0 saturated heterocycles. The molecule has 0 radical (unpaired) electrons. The molecule has 0 amide bonds. The summed E-state index contributed by atoms with van der Waals surface area (Å²) >= 11 is 5.50. The lowest BCUT2D eigenvalue weighted by Gasteiger charge is -2.14. The Labute approximate surface area is 95.4 Å². The highest BCUT2D eigenvalue weighted by Crippen LogP contribution is 2.36. The van der Waals surface area contributed by atoms with E-state index in [0.717, 1.165) is 6.07 Å². The molecular weight excluding hydrogens is 239 g/mol. The maximum absolute atomic E-state index is 13.1. The Morgan fingerprint density at radius 1 is 1.62 bits per heavy atom. The number of nitrogen functional groups attached to an aromatic ring is 1. The van der Waals surface area contributed by atoms with Gasteiger partial charge in [0.05, 0.1) is 11.4 Å². The van der Waals surface area contributed by atoms with Gasteiger partial charge in [-0.2, -0.15) is 0 Å². The number of carboxylic acids is 1. The highest BCUT2D eigenvalue weighted by molar-refractivity contribution is 6.31. The number of hydrogen-bond acceptors (Lipinski definition) is 4. The zero-order valence-corrected chi connectivity index (χ0v) is 8.83. The number of rotatable bonds is 3. The van der Waals surface area contributed by atoms with Crippen molar-refractivity contribution in [2.75, 3.05) is 5.73 Å². The van der Waals surface area contributed by atoms with Crippen molar-refractivity contribution in [2.24, 2.45) is 5.73 Å². The van der Waals surface area contributed by atoms with E-state index in [4.69, 9.17) is 28.2 Å². The minimum absolute atomic E-state index is 0.00583.